The molecule has 7 heteroatoms. The van der Waals surface area contributed by atoms with Gasteiger partial charge in [0, 0.05) is 12.1 Å². The molecule has 1 N–H and O–H groups in total. The number of hydrogen-bond acceptors (Lipinski definition) is 5. The Labute approximate surface area is 172 Å². The molecule has 0 aliphatic carbocycles. The Hall–Kier alpha value is -4.18. The molecule has 0 saturated carbocycles. The maximum absolute atomic E-state index is 11.5. The molecule has 0 fully saturated rings. The number of nitrogens with one attached hydrogen (secondary N) is 1. The Morgan fingerprint density at radius 3 is 2.67 bits per heavy atom. The second-order valence-corrected chi connectivity index (χ2v) is 7.19. The van der Waals surface area contributed by atoms with Crippen LogP contribution in [0.25, 0.3) is 34.0 Å². The largest absolute Gasteiger partial charge is 0.456 e. The van der Waals surface area contributed by atoms with Gasteiger partial charge in [0.05, 0.1) is 27.1 Å². The number of nitrogens with zero attached hydrogens (tertiary/aromatic N) is 3. The van der Waals surface area contributed by atoms with Crippen LogP contribution in [0, 0.1) is 42.2 Å². The number of aromatic nitrogens is 2. The molecule has 0 saturated heterocycles. The van der Waals surface area contributed by atoms with Gasteiger partial charge < -0.3 is 9.40 Å². The normalized spacial score (nSPS) is 11.6. The van der Waals surface area contributed by atoms with E-state index in [0.29, 0.717) is 28.5 Å². The zero-order valence-corrected chi connectivity index (χ0v) is 16.7. The van der Waals surface area contributed by atoms with Crippen molar-refractivity contribution in [1.29, 1.82) is 5.26 Å². The van der Waals surface area contributed by atoms with Crippen LogP contribution in [0.5, 0.6) is 0 Å². The van der Waals surface area contributed by atoms with Crippen molar-refractivity contribution >= 4 is 28.4 Å². The molecule has 2 aromatic carbocycles. The molecule has 0 atom stereocenters. The van der Waals surface area contributed by atoms with Crippen molar-refractivity contribution in [1.82, 2.24) is 9.97 Å². The summed E-state index contributed by atoms with van der Waals surface area (Å²) in [6, 6.07) is 14.6. The lowest BCUT2D eigenvalue weighted by atomic mass is 10.0. The average Bonchev–Trinajstić information content (AvgIpc) is 3.34. The van der Waals surface area contributed by atoms with E-state index in [1.54, 1.807) is 30.3 Å². The first kappa shape index (κ1) is 19.2. The van der Waals surface area contributed by atoms with Crippen molar-refractivity contribution in [2.45, 2.75) is 20.8 Å². The van der Waals surface area contributed by atoms with E-state index in [1.165, 1.54) is 0 Å². The van der Waals surface area contributed by atoms with Crippen LogP contribution >= 0.6 is 0 Å². The van der Waals surface area contributed by atoms with E-state index < -0.39 is 4.92 Å². The minimum absolute atomic E-state index is 0.0175. The van der Waals surface area contributed by atoms with Crippen LogP contribution in [0.3, 0.4) is 0 Å². The lowest BCUT2D eigenvalue weighted by Gasteiger charge is -2.04. The van der Waals surface area contributed by atoms with Gasteiger partial charge in [-0.2, -0.15) is 5.26 Å². The number of aryl methyl sites for hydroxylation is 3. The molecule has 4 aromatic rings. The van der Waals surface area contributed by atoms with Gasteiger partial charge in [-0.15, -0.1) is 0 Å². The summed E-state index contributed by atoms with van der Waals surface area (Å²) in [4.78, 5) is 18.7. The maximum Gasteiger partial charge on any atom is 0.280 e. The zero-order valence-electron chi connectivity index (χ0n) is 16.7. The van der Waals surface area contributed by atoms with Crippen molar-refractivity contribution in [3.63, 3.8) is 0 Å². The SMILES string of the molecule is Cc1ccc2nc(/C(C#N)=C/c3ccc(-c4cc(C)c(C)cc4[N+](=O)[O-])o3)[nH]c2c1. The molecule has 2 heterocycles. The molecule has 0 aliphatic rings. The summed E-state index contributed by atoms with van der Waals surface area (Å²) >= 11 is 0. The number of imidazole rings is 1. The minimum atomic E-state index is -0.420. The van der Waals surface area contributed by atoms with Crippen LogP contribution in [0.1, 0.15) is 28.3 Å². The average molecular weight is 398 g/mol. The fourth-order valence-corrected chi connectivity index (χ4v) is 3.27. The second kappa shape index (κ2) is 7.33. The lowest BCUT2D eigenvalue weighted by Crippen LogP contribution is -1.94. The number of nitriles is 1. The van der Waals surface area contributed by atoms with Gasteiger partial charge in [0.1, 0.15) is 23.4 Å². The summed E-state index contributed by atoms with van der Waals surface area (Å²) in [5, 5.41) is 21.1. The van der Waals surface area contributed by atoms with Crippen molar-refractivity contribution in [2.75, 3.05) is 0 Å². The molecule has 2 aromatic heterocycles. The van der Waals surface area contributed by atoms with E-state index >= 15 is 0 Å². The van der Waals surface area contributed by atoms with Crippen LogP contribution in [-0.2, 0) is 0 Å². The summed E-state index contributed by atoms with van der Waals surface area (Å²) in [5.74, 6) is 1.22. The number of fused-ring (bicyclic) bond motifs is 1. The molecular formula is C23H18N4O3. The molecule has 0 unspecified atom stereocenters. The summed E-state index contributed by atoms with van der Waals surface area (Å²) in [6.07, 6.45) is 1.57. The van der Waals surface area contributed by atoms with E-state index in [-0.39, 0.29) is 5.69 Å². The van der Waals surface area contributed by atoms with Crippen LogP contribution in [0.2, 0.25) is 0 Å². The van der Waals surface area contributed by atoms with Crippen LogP contribution in [-0.4, -0.2) is 14.9 Å². The van der Waals surface area contributed by atoms with Gasteiger partial charge in [0.2, 0.25) is 0 Å². The van der Waals surface area contributed by atoms with E-state index in [4.69, 9.17) is 4.42 Å². The quantitative estimate of drug-likeness (QED) is 0.269. The van der Waals surface area contributed by atoms with Crippen LogP contribution in [0.15, 0.2) is 46.9 Å². The number of hydrogen-bond donors (Lipinski definition) is 1. The standard InChI is InChI=1S/C23H18N4O3/c1-13-4-6-19-20(8-13)26-23(25-19)16(12-24)11-17-5-7-22(30-17)18-9-14(2)15(3)10-21(18)27(28)29/h4-11H,1-3H3,(H,25,26)/b16-11+. The van der Waals surface area contributed by atoms with Gasteiger partial charge in [-0.3, -0.25) is 10.1 Å². The van der Waals surface area contributed by atoms with Gasteiger partial charge in [0.25, 0.3) is 5.69 Å². The Bertz CT molecular complexity index is 1370. The number of H-pyrrole nitrogens is 1. The Morgan fingerprint density at radius 2 is 1.93 bits per heavy atom. The van der Waals surface area contributed by atoms with Crippen molar-refractivity contribution < 1.29 is 9.34 Å². The van der Waals surface area contributed by atoms with Crippen molar-refractivity contribution in [3.05, 3.63) is 80.9 Å². The number of benzene rings is 2. The molecule has 30 heavy (non-hydrogen) atoms. The summed E-state index contributed by atoms with van der Waals surface area (Å²) in [6.45, 7) is 5.71. The third kappa shape index (κ3) is 3.47. The minimum Gasteiger partial charge on any atom is -0.456 e. The first-order chi connectivity index (χ1) is 14.4. The smallest absolute Gasteiger partial charge is 0.280 e. The van der Waals surface area contributed by atoms with Gasteiger partial charge >= 0.3 is 0 Å². The molecule has 0 radical (unpaired) electrons. The fraction of sp³-hybridized carbons (Fsp3) is 0.130. The van der Waals surface area contributed by atoms with Crippen LogP contribution < -0.4 is 0 Å². The first-order valence-corrected chi connectivity index (χ1v) is 9.30. The highest BCUT2D eigenvalue weighted by Gasteiger charge is 2.20. The van der Waals surface area contributed by atoms with Gasteiger partial charge in [-0.05, 0) is 67.8 Å². The molecule has 7 nitrogen and oxygen atoms in total. The molecule has 0 spiro atoms. The van der Waals surface area contributed by atoms with Crippen molar-refractivity contribution in [3.8, 4) is 17.4 Å². The molecule has 0 aliphatic heterocycles. The number of furan rings is 1. The van der Waals surface area contributed by atoms with E-state index in [2.05, 4.69) is 16.0 Å². The fourth-order valence-electron chi connectivity index (χ4n) is 3.27. The third-order valence-electron chi connectivity index (χ3n) is 5.00. The predicted octanol–water partition coefficient (Wildman–Crippen LogP) is 5.72. The highest BCUT2D eigenvalue weighted by molar-refractivity contribution is 5.90. The maximum atomic E-state index is 11.5. The molecule has 4 rings (SSSR count). The predicted molar refractivity (Wildman–Crippen MR) is 115 cm³/mol. The Kier molecular flexibility index (Phi) is 4.68. The number of nitro groups is 1. The number of rotatable bonds is 4. The molecule has 0 bridgehead atoms. The number of allylic oxidation sites excluding steroid dienone is 1. The molecule has 0 amide bonds. The summed E-state index contributed by atoms with van der Waals surface area (Å²) in [5.41, 5.74) is 5.16. The molecule has 148 valence electrons. The lowest BCUT2D eigenvalue weighted by molar-refractivity contribution is -0.384. The van der Waals surface area contributed by atoms with Crippen molar-refractivity contribution in [2.24, 2.45) is 0 Å². The third-order valence-corrected chi connectivity index (χ3v) is 5.00. The van der Waals surface area contributed by atoms with Gasteiger partial charge in [0.15, 0.2) is 0 Å². The highest BCUT2D eigenvalue weighted by Crippen LogP contribution is 2.34. The Balaban J connectivity index is 1.74. The number of nitro benzene ring substituents is 1. The highest BCUT2D eigenvalue weighted by atomic mass is 16.6. The zero-order chi connectivity index (χ0) is 21.4. The van der Waals surface area contributed by atoms with E-state index in [0.717, 1.165) is 27.7 Å². The summed E-state index contributed by atoms with van der Waals surface area (Å²) in [7, 11) is 0. The first-order valence-electron chi connectivity index (χ1n) is 9.30. The van der Waals surface area contributed by atoms with Gasteiger partial charge in [-0.25, -0.2) is 4.98 Å². The van der Waals surface area contributed by atoms with E-state index in [9.17, 15) is 15.4 Å². The Morgan fingerprint density at radius 1 is 1.17 bits per heavy atom. The summed E-state index contributed by atoms with van der Waals surface area (Å²) < 4.78 is 5.83. The monoisotopic (exact) mass is 398 g/mol. The topological polar surface area (TPSA) is 109 Å². The number of aromatic amines is 1. The van der Waals surface area contributed by atoms with E-state index in [1.807, 2.05) is 39.0 Å². The second-order valence-electron chi connectivity index (χ2n) is 7.19. The molecular weight excluding hydrogens is 380 g/mol. The van der Waals surface area contributed by atoms with Crippen LogP contribution in [0.4, 0.5) is 5.69 Å². The van der Waals surface area contributed by atoms with Gasteiger partial charge in [-0.1, -0.05) is 6.07 Å².